The van der Waals surface area contributed by atoms with Gasteiger partial charge in [0.2, 0.25) is 5.82 Å². The van der Waals surface area contributed by atoms with E-state index in [1.54, 1.807) is 14.2 Å². The Kier molecular flexibility index (Phi) is 4.94. The molecule has 5 aromatic rings. The predicted molar refractivity (Wildman–Crippen MR) is 117 cm³/mol. The van der Waals surface area contributed by atoms with E-state index in [-0.39, 0.29) is 0 Å². The first-order valence-corrected chi connectivity index (χ1v) is 9.94. The smallest absolute Gasteiger partial charge is 0.261 e. The summed E-state index contributed by atoms with van der Waals surface area (Å²) in [5.74, 6) is 2.10. The maximum atomic E-state index is 5.48. The molecule has 0 aliphatic heterocycles. The van der Waals surface area contributed by atoms with Crippen LogP contribution in [0.2, 0.25) is 0 Å². The molecule has 0 radical (unpaired) electrons. The fourth-order valence-electron chi connectivity index (χ4n) is 3.86. The molecular formula is C22H20N8O2. The van der Waals surface area contributed by atoms with Crippen molar-refractivity contribution < 1.29 is 9.47 Å². The maximum absolute atomic E-state index is 5.48. The minimum absolute atomic E-state index is 0.360. The monoisotopic (exact) mass is 428 g/mol. The van der Waals surface area contributed by atoms with E-state index in [0.29, 0.717) is 29.6 Å². The normalized spacial score (nSPS) is 11.1. The van der Waals surface area contributed by atoms with Crippen molar-refractivity contribution in [2.75, 3.05) is 14.2 Å². The van der Waals surface area contributed by atoms with Gasteiger partial charge in [-0.15, -0.1) is 20.4 Å². The van der Waals surface area contributed by atoms with E-state index < -0.39 is 0 Å². The van der Waals surface area contributed by atoms with E-state index >= 15 is 0 Å². The van der Waals surface area contributed by atoms with Crippen LogP contribution in [0.5, 0.6) is 11.8 Å². The molecule has 10 heteroatoms. The molecule has 3 aromatic heterocycles. The molecule has 0 amide bonds. The zero-order chi connectivity index (χ0) is 22.1. The van der Waals surface area contributed by atoms with E-state index in [1.165, 1.54) is 0 Å². The summed E-state index contributed by atoms with van der Waals surface area (Å²) in [6.07, 6.45) is 0. The van der Waals surface area contributed by atoms with Gasteiger partial charge in [-0.25, -0.2) is 4.98 Å². The van der Waals surface area contributed by atoms with Gasteiger partial charge in [-0.3, -0.25) is 0 Å². The number of methoxy groups -OCH3 is 2. The molecule has 0 saturated heterocycles. The average molecular weight is 428 g/mol. The lowest BCUT2D eigenvalue weighted by Gasteiger charge is -2.15. The highest BCUT2D eigenvalue weighted by Crippen LogP contribution is 2.34. The molecule has 1 N–H and O–H groups in total. The Hall–Kier alpha value is -4.34. The van der Waals surface area contributed by atoms with Crippen LogP contribution in [-0.4, -0.2) is 54.6 Å². The summed E-state index contributed by atoms with van der Waals surface area (Å²) in [6, 6.07) is 16.2. The molecule has 0 bridgehead atoms. The highest BCUT2D eigenvalue weighted by Gasteiger charge is 2.21. The Morgan fingerprint density at radius 1 is 0.844 bits per heavy atom. The van der Waals surface area contributed by atoms with E-state index in [2.05, 4.69) is 58.6 Å². The van der Waals surface area contributed by atoms with Gasteiger partial charge in [0.15, 0.2) is 5.52 Å². The Morgan fingerprint density at radius 2 is 1.53 bits per heavy atom. The number of aryl methyl sites for hydroxylation is 1. The first kappa shape index (κ1) is 19.6. The molecule has 0 aliphatic carbocycles. The van der Waals surface area contributed by atoms with E-state index in [9.17, 15) is 0 Å². The summed E-state index contributed by atoms with van der Waals surface area (Å²) < 4.78 is 12.9. The molecule has 0 fully saturated rings. The largest absolute Gasteiger partial charge is 0.478 e. The third-order valence-electron chi connectivity index (χ3n) is 5.33. The number of H-pyrrole nitrogens is 1. The van der Waals surface area contributed by atoms with E-state index in [0.717, 1.165) is 33.6 Å². The van der Waals surface area contributed by atoms with Crippen LogP contribution in [0, 0.1) is 6.92 Å². The summed E-state index contributed by atoms with van der Waals surface area (Å²) in [5, 5.41) is 22.8. The lowest BCUT2D eigenvalue weighted by Crippen LogP contribution is -2.06. The number of fused-ring (bicyclic) bond motifs is 1. The minimum atomic E-state index is 0.360. The second-order valence-corrected chi connectivity index (χ2v) is 7.10. The number of tetrazole rings is 1. The van der Waals surface area contributed by atoms with Crippen LogP contribution in [0.4, 0.5) is 0 Å². The van der Waals surface area contributed by atoms with Gasteiger partial charge in [0, 0.05) is 5.56 Å². The van der Waals surface area contributed by atoms with Crippen molar-refractivity contribution in [1.82, 2.24) is 40.4 Å². The number of ether oxygens (including phenoxy) is 2. The zero-order valence-corrected chi connectivity index (χ0v) is 17.8. The lowest BCUT2D eigenvalue weighted by molar-refractivity contribution is 0.374. The topological polar surface area (TPSA) is 117 Å². The fraction of sp³-hybridized carbons (Fsp3) is 0.182. The number of aromatic amines is 1. The van der Waals surface area contributed by atoms with Crippen LogP contribution in [0.15, 0.2) is 48.5 Å². The zero-order valence-electron chi connectivity index (χ0n) is 17.8. The van der Waals surface area contributed by atoms with Crippen LogP contribution in [0.3, 0.4) is 0 Å². The van der Waals surface area contributed by atoms with Crippen molar-refractivity contribution in [3.8, 4) is 34.3 Å². The molecule has 32 heavy (non-hydrogen) atoms. The minimum Gasteiger partial charge on any atom is -0.478 e. The predicted octanol–water partition coefficient (Wildman–Crippen LogP) is 3.05. The Labute approximate surface area is 183 Å². The second-order valence-electron chi connectivity index (χ2n) is 7.10. The molecule has 3 heterocycles. The van der Waals surface area contributed by atoms with Gasteiger partial charge in [-0.05, 0) is 28.8 Å². The van der Waals surface area contributed by atoms with Gasteiger partial charge in [0.1, 0.15) is 11.3 Å². The standard InChI is InChI=1S/C22H20N8O2/c1-13-23-18-19(22(32-3)27-26-21(18)31-2)30(13)12-14-8-4-5-9-15(14)16-10-6-7-11-17(16)20-24-28-29-25-20/h4-11H,12H2,1-3H3,(H,24,25,28,29). The molecular weight excluding hydrogens is 408 g/mol. The van der Waals surface area contributed by atoms with Crippen molar-refractivity contribution >= 4 is 11.0 Å². The first-order valence-electron chi connectivity index (χ1n) is 9.94. The summed E-state index contributed by atoms with van der Waals surface area (Å²) in [4.78, 5) is 4.67. The van der Waals surface area contributed by atoms with Crippen LogP contribution in [0.1, 0.15) is 11.4 Å². The van der Waals surface area contributed by atoms with E-state index in [1.807, 2.05) is 37.3 Å². The van der Waals surface area contributed by atoms with Crippen LogP contribution < -0.4 is 9.47 Å². The van der Waals surface area contributed by atoms with Crippen molar-refractivity contribution in [3.05, 3.63) is 59.9 Å². The van der Waals surface area contributed by atoms with Crippen molar-refractivity contribution in [2.45, 2.75) is 13.5 Å². The number of rotatable bonds is 6. The van der Waals surface area contributed by atoms with Crippen LogP contribution >= 0.6 is 0 Å². The summed E-state index contributed by atoms with van der Waals surface area (Å²) in [5.41, 5.74) is 5.40. The van der Waals surface area contributed by atoms with Crippen molar-refractivity contribution in [1.29, 1.82) is 0 Å². The average Bonchev–Trinajstić information content (AvgIpc) is 3.48. The molecule has 0 atom stereocenters. The van der Waals surface area contributed by atoms with Gasteiger partial charge in [-0.2, -0.15) is 5.21 Å². The Balaban J connectivity index is 1.67. The van der Waals surface area contributed by atoms with Crippen molar-refractivity contribution in [2.24, 2.45) is 0 Å². The third kappa shape index (κ3) is 3.22. The van der Waals surface area contributed by atoms with E-state index in [4.69, 9.17) is 9.47 Å². The lowest BCUT2D eigenvalue weighted by atomic mass is 9.95. The van der Waals surface area contributed by atoms with Gasteiger partial charge in [0.05, 0.1) is 20.8 Å². The van der Waals surface area contributed by atoms with Gasteiger partial charge < -0.3 is 14.0 Å². The molecule has 5 rings (SSSR count). The van der Waals surface area contributed by atoms with Gasteiger partial charge in [0.25, 0.3) is 11.8 Å². The molecule has 0 saturated carbocycles. The Bertz CT molecular complexity index is 1390. The maximum Gasteiger partial charge on any atom is 0.261 e. The summed E-state index contributed by atoms with van der Waals surface area (Å²) in [7, 11) is 3.12. The van der Waals surface area contributed by atoms with Crippen molar-refractivity contribution in [3.63, 3.8) is 0 Å². The highest BCUT2D eigenvalue weighted by molar-refractivity contribution is 5.86. The third-order valence-corrected chi connectivity index (χ3v) is 5.33. The van der Waals surface area contributed by atoms with Crippen LogP contribution in [0.25, 0.3) is 33.5 Å². The molecule has 0 aliphatic rings. The number of imidazole rings is 1. The summed E-state index contributed by atoms with van der Waals surface area (Å²) >= 11 is 0. The quantitative estimate of drug-likeness (QED) is 0.439. The molecule has 0 spiro atoms. The van der Waals surface area contributed by atoms with Gasteiger partial charge in [-0.1, -0.05) is 48.5 Å². The fourth-order valence-corrected chi connectivity index (χ4v) is 3.86. The molecule has 10 nitrogen and oxygen atoms in total. The SMILES string of the molecule is COc1nnc(OC)c2c1nc(C)n2Cc1ccccc1-c1ccccc1-c1nn[nH]n1. The first-order chi connectivity index (χ1) is 15.7. The number of nitrogens with zero attached hydrogens (tertiary/aromatic N) is 7. The number of aromatic nitrogens is 8. The highest BCUT2D eigenvalue weighted by atomic mass is 16.5. The number of hydrogen-bond donors (Lipinski definition) is 1. The molecule has 2 aromatic carbocycles. The molecule has 0 unspecified atom stereocenters. The van der Waals surface area contributed by atoms with Crippen LogP contribution in [-0.2, 0) is 6.54 Å². The number of benzene rings is 2. The summed E-state index contributed by atoms with van der Waals surface area (Å²) in [6.45, 7) is 2.49. The van der Waals surface area contributed by atoms with Gasteiger partial charge >= 0.3 is 0 Å². The Morgan fingerprint density at radius 3 is 2.25 bits per heavy atom. The molecule has 160 valence electrons. The number of nitrogens with one attached hydrogen (secondary N) is 1. The number of hydrogen-bond acceptors (Lipinski definition) is 8. The second kappa shape index (κ2) is 8.06.